The van der Waals surface area contributed by atoms with Crippen LogP contribution in [-0.4, -0.2) is 73.7 Å². The average Bonchev–Trinajstić information content (AvgIpc) is 3.20. The van der Waals surface area contributed by atoms with Crippen LogP contribution in [0.25, 0.3) is 0 Å². The van der Waals surface area contributed by atoms with Crippen molar-refractivity contribution in [3.63, 3.8) is 0 Å². The number of hydrogen-bond donors (Lipinski definition) is 0. The van der Waals surface area contributed by atoms with Crippen molar-refractivity contribution in [1.29, 1.82) is 0 Å². The van der Waals surface area contributed by atoms with Crippen molar-refractivity contribution in [2.24, 2.45) is 11.8 Å². The van der Waals surface area contributed by atoms with Crippen LogP contribution >= 0.6 is 0 Å². The van der Waals surface area contributed by atoms with Gasteiger partial charge in [-0.1, -0.05) is 19.9 Å². The predicted octanol–water partition coefficient (Wildman–Crippen LogP) is 2.37. The van der Waals surface area contributed by atoms with Gasteiger partial charge in [-0.05, 0) is 67.7 Å². The maximum absolute atomic E-state index is 13.1. The molecule has 0 unspecified atom stereocenters. The van der Waals surface area contributed by atoms with Crippen LogP contribution in [0.5, 0.6) is 0 Å². The van der Waals surface area contributed by atoms with E-state index in [1.165, 1.54) is 17.5 Å². The van der Waals surface area contributed by atoms with Gasteiger partial charge in [-0.2, -0.15) is 4.31 Å². The number of piperidine rings is 1. The van der Waals surface area contributed by atoms with Crippen LogP contribution < -0.4 is 0 Å². The molecule has 1 aliphatic carbocycles. The fraction of sp³-hybridized carbons (Fsp3) is 0.696. The normalized spacial score (nSPS) is 27.1. The summed E-state index contributed by atoms with van der Waals surface area (Å²) in [6.45, 7) is 10.1. The average molecular weight is 434 g/mol. The number of aryl methyl sites for hydroxylation is 2. The van der Waals surface area contributed by atoms with E-state index in [2.05, 4.69) is 18.7 Å². The van der Waals surface area contributed by atoms with Crippen LogP contribution in [-0.2, 0) is 27.7 Å². The lowest BCUT2D eigenvalue weighted by molar-refractivity contribution is -0.139. The molecule has 0 aromatic heterocycles. The lowest BCUT2D eigenvalue weighted by Gasteiger charge is -2.41. The summed E-state index contributed by atoms with van der Waals surface area (Å²) < 4.78 is 27.9. The van der Waals surface area contributed by atoms with E-state index >= 15 is 0 Å². The van der Waals surface area contributed by atoms with E-state index in [0.717, 1.165) is 32.4 Å². The molecule has 30 heavy (non-hydrogen) atoms. The summed E-state index contributed by atoms with van der Waals surface area (Å²) in [5.74, 6) is 1.27. The van der Waals surface area contributed by atoms with Crippen molar-refractivity contribution < 1.29 is 13.2 Å². The number of piperazine rings is 1. The van der Waals surface area contributed by atoms with Gasteiger partial charge < -0.3 is 4.90 Å². The molecule has 2 fully saturated rings. The van der Waals surface area contributed by atoms with E-state index in [4.69, 9.17) is 0 Å². The van der Waals surface area contributed by atoms with Gasteiger partial charge in [-0.15, -0.1) is 0 Å². The molecule has 1 aromatic rings. The van der Waals surface area contributed by atoms with Crippen LogP contribution in [0.2, 0.25) is 0 Å². The standard InChI is InChI=1S/C23H35N3O3S/c1-17-13-18(2)16-25(15-17)23(27)19(3)24-9-11-26(12-10-24)30(28,29)22-8-7-20-5-4-6-21(20)14-22/h7-8,14,17-19H,4-6,9-13,15-16H2,1-3H3/t17-,18-,19+/m0/s1. The maximum atomic E-state index is 13.1. The van der Waals surface area contributed by atoms with Gasteiger partial charge >= 0.3 is 0 Å². The summed E-state index contributed by atoms with van der Waals surface area (Å²) in [7, 11) is -3.48. The smallest absolute Gasteiger partial charge is 0.243 e. The second-order valence-electron chi connectivity index (χ2n) is 9.59. The molecular weight excluding hydrogens is 398 g/mol. The summed E-state index contributed by atoms with van der Waals surface area (Å²) >= 11 is 0. The van der Waals surface area contributed by atoms with E-state index in [-0.39, 0.29) is 11.9 Å². The minimum Gasteiger partial charge on any atom is -0.341 e. The van der Waals surface area contributed by atoms with Crippen molar-refractivity contribution in [1.82, 2.24) is 14.1 Å². The number of nitrogens with zero attached hydrogens (tertiary/aromatic N) is 3. The molecule has 166 valence electrons. The van der Waals surface area contributed by atoms with Gasteiger partial charge in [0.05, 0.1) is 10.9 Å². The highest BCUT2D eigenvalue weighted by molar-refractivity contribution is 7.89. The minimum atomic E-state index is -3.48. The molecule has 1 aromatic carbocycles. The van der Waals surface area contributed by atoms with E-state index in [0.29, 0.717) is 42.9 Å². The zero-order valence-electron chi connectivity index (χ0n) is 18.5. The third-order valence-electron chi connectivity index (χ3n) is 7.07. The van der Waals surface area contributed by atoms with E-state index < -0.39 is 10.0 Å². The second-order valence-corrected chi connectivity index (χ2v) is 11.5. The van der Waals surface area contributed by atoms with Crippen molar-refractivity contribution in [2.75, 3.05) is 39.3 Å². The van der Waals surface area contributed by atoms with Gasteiger partial charge in [0, 0.05) is 39.3 Å². The molecule has 6 nitrogen and oxygen atoms in total. The number of benzene rings is 1. The Morgan fingerprint density at radius 1 is 1.00 bits per heavy atom. The van der Waals surface area contributed by atoms with Gasteiger partial charge in [-0.25, -0.2) is 8.42 Å². The first kappa shape index (κ1) is 21.8. The number of sulfonamides is 1. The Morgan fingerprint density at radius 2 is 1.63 bits per heavy atom. The van der Waals surface area contributed by atoms with Crippen molar-refractivity contribution >= 4 is 15.9 Å². The summed E-state index contributed by atoms with van der Waals surface area (Å²) in [6.07, 6.45) is 4.31. The molecule has 0 bridgehead atoms. The third-order valence-corrected chi connectivity index (χ3v) is 8.96. The fourth-order valence-corrected chi connectivity index (χ4v) is 6.93. The number of fused-ring (bicyclic) bond motifs is 1. The summed E-state index contributed by atoms with van der Waals surface area (Å²) in [5, 5.41) is 0. The number of amides is 1. The van der Waals surface area contributed by atoms with Crippen LogP contribution in [0.3, 0.4) is 0 Å². The van der Waals surface area contributed by atoms with Crippen molar-refractivity contribution in [3.05, 3.63) is 29.3 Å². The highest BCUT2D eigenvalue weighted by Gasteiger charge is 2.35. The molecule has 7 heteroatoms. The monoisotopic (exact) mass is 433 g/mol. The Morgan fingerprint density at radius 3 is 2.30 bits per heavy atom. The number of rotatable bonds is 4. The first-order chi connectivity index (χ1) is 14.3. The zero-order valence-corrected chi connectivity index (χ0v) is 19.3. The molecule has 1 amide bonds. The molecule has 4 rings (SSSR count). The number of likely N-dealkylation sites (tertiary alicyclic amines) is 1. The van der Waals surface area contributed by atoms with Crippen LogP contribution in [0.1, 0.15) is 44.7 Å². The predicted molar refractivity (Wildman–Crippen MR) is 118 cm³/mol. The van der Waals surface area contributed by atoms with Crippen molar-refractivity contribution in [3.8, 4) is 0 Å². The Kier molecular flexibility index (Phi) is 6.24. The number of hydrogen-bond acceptors (Lipinski definition) is 4. The molecule has 3 atom stereocenters. The lowest BCUT2D eigenvalue weighted by Crippen LogP contribution is -2.56. The number of carbonyl (C=O) groups is 1. The molecule has 2 aliphatic heterocycles. The van der Waals surface area contributed by atoms with Crippen molar-refractivity contribution in [2.45, 2.75) is 57.4 Å². The van der Waals surface area contributed by atoms with Crippen LogP contribution in [0.15, 0.2) is 23.1 Å². The van der Waals surface area contributed by atoms with Gasteiger partial charge in [-0.3, -0.25) is 9.69 Å². The molecule has 0 spiro atoms. The summed E-state index contributed by atoms with van der Waals surface area (Å²) in [5.41, 5.74) is 2.46. The highest BCUT2D eigenvalue weighted by Crippen LogP contribution is 2.27. The zero-order chi connectivity index (χ0) is 21.5. The van der Waals surface area contributed by atoms with Gasteiger partial charge in [0.1, 0.15) is 0 Å². The molecule has 0 radical (unpaired) electrons. The van der Waals surface area contributed by atoms with E-state index in [1.54, 1.807) is 10.4 Å². The Balaban J connectivity index is 1.38. The van der Waals surface area contributed by atoms with Gasteiger partial charge in [0.15, 0.2) is 0 Å². The fourth-order valence-electron chi connectivity index (χ4n) is 5.45. The maximum Gasteiger partial charge on any atom is 0.243 e. The first-order valence-electron chi connectivity index (χ1n) is 11.4. The lowest BCUT2D eigenvalue weighted by atomic mass is 9.91. The second kappa shape index (κ2) is 8.60. The highest BCUT2D eigenvalue weighted by atomic mass is 32.2. The van der Waals surface area contributed by atoms with Crippen LogP contribution in [0, 0.1) is 11.8 Å². The molecule has 2 heterocycles. The minimum absolute atomic E-state index is 0.184. The largest absolute Gasteiger partial charge is 0.341 e. The molecule has 0 N–H and O–H groups in total. The summed E-state index contributed by atoms with van der Waals surface area (Å²) in [6, 6.07) is 5.41. The van der Waals surface area contributed by atoms with Gasteiger partial charge in [0.25, 0.3) is 0 Å². The SMILES string of the molecule is C[C@H]1C[C@H](C)CN(C(=O)[C@@H](C)N2CCN(S(=O)(=O)c3ccc4c(c3)CCC4)CC2)C1. The molecule has 0 saturated carbocycles. The first-order valence-corrected chi connectivity index (χ1v) is 12.8. The summed E-state index contributed by atoms with van der Waals surface area (Å²) in [4.78, 5) is 17.6. The Hall–Kier alpha value is -1.44. The molecule has 2 saturated heterocycles. The Labute approximate surface area is 181 Å². The topological polar surface area (TPSA) is 60.9 Å². The quantitative estimate of drug-likeness (QED) is 0.732. The van der Waals surface area contributed by atoms with E-state index in [9.17, 15) is 13.2 Å². The molecular formula is C23H35N3O3S. The third kappa shape index (κ3) is 4.30. The van der Waals surface area contributed by atoms with Crippen LogP contribution in [0.4, 0.5) is 0 Å². The molecule has 3 aliphatic rings. The number of carbonyl (C=O) groups excluding carboxylic acids is 1. The van der Waals surface area contributed by atoms with Gasteiger partial charge in [0.2, 0.25) is 15.9 Å². The Bertz CT molecular complexity index is 883. The van der Waals surface area contributed by atoms with E-state index in [1.807, 2.05) is 24.0 Å².